The Balaban J connectivity index is 2.13. The van der Waals surface area contributed by atoms with Crippen LogP contribution in [0.2, 0.25) is 10.0 Å². The lowest BCUT2D eigenvalue weighted by molar-refractivity contribution is 0.263. The van der Waals surface area contributed by atoms with Crippen LogP contribution in [0.15, 0.2) is 16.6 Å². The Morgan fingerprint density at radius 2 is 2.00 bits per heavy atom. The summed E-state index contributed by atoms with van der Waals surface area (Å²) in [6.07, 6.45) is 0.200. The van der Waals surface area contributed by atoms with E-state index in [4.69, 9.17) is 32.7 Å². The van der Waals surface area contributed by atoms with Gasteiger partial charge in [0.05, 0.1) is 16.7 Å². The van der Waals surface area contributed by atoms with Gasteiger partial charge in [-0.3, -0.25) is 0 Å². The summed E-state index contributed by atoms with van der Waals surface area (Å²) >= 11 is 15.2. The maximum Gasteiger partial charge on any atom is 0.156 e. The van der Waals surface area contributed by atoms with Crippen LogP contribution in [0.3, 0.4) is 0 Å². The lowest BCUT2D eigenvalue weighted by atomic mass is 10.3. The lowest BCUT2D eigenvalue weighted by Crippen LogP contribution is -2.04. The summed E-state index contributed by atoms with van der Waals surface area (Å²) < 4.78 is 11.3. The van der Waals surface area contributed by atoms with E-state index in [9.17, 15) is 0 Å². The minimum Gasteiger partial charge on any atom is -0.488 e. The molecule has 2 rings (SSSR count). The maximum atomic E-state index is 5.96. The predicted octanol–water partition coefficient (Wildman–Crippen LogP) is 3.53. The van der Waals surface area contributed by atoms with Gasteiger partial charge in [-0.05, 0) is 12.1 Å². The number of hydrogen-bond acceptors (Lipinski definition) is 2. The first-order chi connectivity index (χ1) is 6.66. The van der Waals surface area contributed by atoms with Crippen molar-refractivity contribution in [3.8, 4) is 5.75 Å². The summed E-state index contributed by atoms with van der Waals surface area (Å²) in [5.41, 5.74) is 0. The van der Waals surface area contributed by atoms with Crippen molar-refractivity contribution in [2.45, 2.75) is 6.10 Å². The van der Waals surface area contributed by atoms with Crippen molar-refractivity contribution < 1.29 is 9.47 Å². The molecule has 1 unspecified atom stereocenters. The fraction of sp³-hybridized carbons (Fsp3) is 0.333. The van der Waals surface area contributed by atoms with Crippen LogP contribution in [-0.2, 0) is 4.74 Å². The molecule has 1 fully saturated rings. The van der Waals surface area contributed by atoms with Gasteiger partial charge in [0.25, 0.3) is 0 Å². The zero-order chi connectivity index (χ0) is 10.1. The molecule has 1 aliphatic heterocycles. The van der Waals surface area contributed by atoms with Gasteiger partial charge >= 0.3 is 0 Å². The zero-order valence-electron chi connectivity index (χ0n) is 7.10. The number of ether oxygens (including phenoxy) is 2. The molecular formula is C9H7BrCl2O2. The Hall–Kier alpha value is 0.0400. The molecule has 0 spiro atoms. The first-order valence-electron chi connectivity index (χ1n) is 4.06. The van der Waals surface area contributed by atoms with Crippen LogP contribution in [0.5, 0.6) is 5.75 Å². The summed E-state index contributed by atoms with van der Waals surface area (Å²) in [6.45, 7) is 1.26. The Morgan fingerprint density at radius 3 is 2.50 bits per heavy atom. The highest BCUT2D eigenvalue weighted by atomic mass is 79.9. The van der Waals surface area contributed by atoms with E-state index in [1.54, 1.807) is 12.1 Å². The molecule has 1 aliphatic rings. The monoisotopic (exact) mass is 296 g/mol. The molecule has 0 radical (unpaired) electrons. The topological polar surface area (TPSA) is 21.8 Å². The molecule has 76 valence electrons. The standard InChI is InChI=1S/C9H7BrCl2O2/c10-5-1-7(11)9(8(12)2-5)14-4-6-3-13-6/h1-2,6H,3-4H2. The van der Waals surface area contributed by atoms with E-state index in [2.05, 4.69) is 15.9 Å². The third-order valence-electron chi connectivity index (χ3n) is 1.78. The first kappa shape index (κ1) is 10.6. The number of epoxide rings is 1. The average Bonchev–Trinajstić information content (AvgIpc) is 2.85. The van der Waals surface area contributed by atoms with Gasteiger partial charge in [0.15, 0.2) is 5.75 Å². The molecule has 0 aliphatic carbocycles. The first-order valence-corrected chi connectivity index (χ1v) is 5.60. The molecule has 1 aromatic rings. The molecule has 2 nitrogen and oxygen atoms in total. The van der Waals surface area contributed by atoms with E-state index in [1.807, 2.05) is 0 Å². The number of halogens is 3. The fourth-order valence-electron chi connectivity index (χ4n) is 1.01. The van der Waals surface area contributed by atoms with Crippen molar-refractivity contribution in [3.05, 3.63) is 26.7 Å². The van der Waals surface area contributed by atoms with E-state index in [0.29, 0.717) is 22.4 Å². The largest absolute Gasteiger partial charge is 0.488 e. The number of hydrogen-bond donors (Lipinski definition) is 0. The molecular weight excluding hydrogens is 291 g/mol. The molecule has 1 saturated heterocycles. The minimum absolute atomic E-state index is 0.200. The summed E-state index contributed by atoms with van der Waals surface area (Å²) in [6, 6.07) is 3.49. The SMILES string of the molecule is Clc1cc(Br)cc(Cl)c1OCC1CO1. The van der Waals surface area contributed by atoms with Gasteiger partial charge in [-0.25, -0.2) is 0 Å². The molecule has 0 saturated carbocycles. The van der Waals surface area contributed by atoms with Crippen LogP contribution in [-0.4, -0.2) is 19.3 Å². The van der Waals surface area contributed by atoms with Crippen molar-refractivity contribution >= 4 is 39.1 Å². The maximum absolute atomic E-state index is 5.96. The van der Waals surface area contributed by atoms with E-state index in [-0.39, 0.29) is 6.10 Å². The summed E-state index contributed by atoms with van der Waals surface area (Å²) in [4.78, 5) is 0. The Morgan fingerprint density at radius 1 is 1.43 bits per heavy atom. The quantitative estimate of drug-likeness (QED) is 0.796. The Kier molecular flexibility index (Phi) is 3.22. The van der Waals surface area contributed by atoms with E-state index < -0.39 is 0 Å². The van der Waals surface area contributed by atoms with Crippen molar-refractivity contribution in [1.29, 1.82) is 0 Å². The molecule has 0 N–H and O–H groups in total. The van der Waals surface area contributed by atoms with E-state index in [1.165, 1.54) is 0 Å². The predicted molar refractivity (Wildman–Crippen MR) is 59.4 cm³/mol. The molecule has 1 atom stereocenters. The second kappa shape index (κ2) is 4.27. The zero-order valence-corrected chi connectivity index (χ0v) is 10.2. The average molecular weight is 298 g/mol. The Labute approximate surface area is 100 Å². The normalized spacial score (nSPS) is 19.5. The van der Waals surface area contributed by atoms with Crippen molar-refractivity contribution in [1.82, 2.24) is 0 Å². The van der Waals surface area contributed by atoms with E-state index >= 15 is 0 Å². The number of benzene rings is 1. The van der Waals surface area contributed by atoms with Crippen LogP contribution in [0, 0.1) is 0 Å². The second-order valence-corrected chi connectivity index (χ2v) is 4.69. The van der Waals surface area contributed by atoms with Crippen LogP contribution in [0.4, 0.5) is 0 Å². The molecule has 1 heterocycles. The molecule has 1 aromatic carbocycles. The summed E-state index contributed by atoms with van der Waals surface area (Å²) in [7, 11) is 0. The second-order valence-electron chi connectivity index (χ2n) is 2.96. The molecule has 0 aromatic heterocycles. The van der Waals surface area contributed by atoms with Crippen molar-refractivity contribution in [2.75, 3.05) is 13.2 Å². The van der Waals surface area contributed by atoms with E-state index in [0.717, 1.165) is 11.1 Å². The van der Waals surface area contributed by atoms with Crippen molar-refractivity contribution in [3.63, 3.8) is 0 Å². The Bertz CT molecular complexity index is 330. The minimum atomic E-state index is 0.200. The van der Waals surface area contributed by atoms with Gasteiger partial charge in [-0.2, -0.15) is 0 Å². The summed E-state index contributed by atoms with van der Waals surface area (Å²) in [5.74, 6) is 0.520. The highest BCUT2D eigenvalue weighted by Crippen LogP contribution is 2.36. The van der Waals surface area contributed by atoms with Crippen LogP contribution < -0.4 is 4.74 Å². The molecule has 0 amide bonds. The van der Waals surface area contributed by atoms with Gasteiger partial charge < -0.3 is 9.47 Å². The molecule has 5 heteroatoms. The van der Waals surface area contributed by atoms with Crippen LogP contribution in [0.1, 0.15) is 0 Å². The van der Waals surface area contributed by atoms with Gasteiger partial charge in [-0.15, -0.1) is 0 Å². The van der Waals surface area contributed by atoms with Crippen molar-refractivity contribution in [2.24, 2.45) is 0 Å². The van der Waals surface area contributed by atoms with Gasteiger partial charge in [0, 0.05) is 4.47 Å². The van der Waals surface area contributed by atoms with Crippen LogP contribution in [0.25, 0.3) is 0 Å². The highest BCUT2D eigenvalue weighted by Gasteiger charge is 2.24. The summed E-state index contributed by atoms with van der Waals surface area (Å²) in [5, 5.41) is 1.01. The van der Waals surface area contributed by atoms with Gasteiger partial charge in [-0.1, -0.05) is 39.1 Å². The van der Waals surface area contributed by atoms with Crippen LogP contribution >= 0.6 is 39.1 Å². The highest BCUT2D eigenvalue weighted by molar-refractivity contribution is 9.10. The van der Waals surface area contributed by atoms with Gasteiger partial charge in [0.2, 0.25) is 0 Å². The lowest BCUT2D eigenvalue weighted by Gasteiger charge is -2.08. The fourth-order valence-corrected chi connectivity index (χ4v) is 2.32. The smallest absolute Gasteiger partial charge is 0.156 e. The molecule has 0 bridgehead atoms. The molecule has 14 heavy (non-hydrogen) atoms. The third kappa shape index (κ3) is 2.54. The third-order valence-corrected chi connectivity index (χ3v) is 2.80. The van der Waals surface area contributed by atoms with Gasteiger partial charge in [0.1, 0.15) is 12.7 Å². The number of rotatable bonds is 3.